The van der Waals surface area contributed by atoms with Gasteiger partial charge in [-0.25, -0.2) is 0 Å². The van der Waals surface area contributed by atoms with Gasteiger partial charge in [0.05, 0.1) is 16.4 Å². The molecule has 1 heterocycles. The van der Waals surface area contributed by atoms with Crippen LogP contribution in [-0.4, -0.2) is 24.0 Å². The molecule has 1 aliphatic heterocycles. The minimum atomic E-state index is -0.544. The van der Waals surface area contributed by atoms with Crippen LogP contribution < -0.4 is 19.7 Å². The maximum absolute atomic E-state index is 13.4. The fraction of sp³-hybridized carbons (Fsp3) is 0.129. The first kappa shape index (κ1) is 26.8. The predicted molar refractivity (Wildman–Crippen MR) is 166 cm³/mol. The summed E-state index contributed by atoms with van der Waals surface area (Å²) in [6.45, 7) is 2.42. The van der Waals surface area contributed by atoms with Gasteiger partial charge in [0.15, 0.2) is 16.6 Å². The molecule has 4 aromatic rings. The molecule has 196 valence electrons. The van der Waals surface area contributed by atoms with Gasteiger partial charge >= 0.3 is 0 Å². The molecule has 1 fully saturated rings. The highest BCUT2D eigenvalue weighted by Crippen LogP contribution is 2.36. The van der Waals surface area contributed by atoms with Crippen molar-refractivity contribution in [2.75, 3.05) is 12.0 Å². The number of carbonyl (C=O) groups is 2. The maximum Gasteiger partial charge on any atom is 0.270 e. The summed E-state index contributed by atoms with van der Waals surface area (Å²) in [6.07, 6.45) is 2.42. The largest absolute Gasteiger partial charge is 0.493 e. The minimum Gasteiger partial charge on any atom is -0.493 e. The quantitative estimate of drug-likeness (QED) is 0.108. The van der Waals surface area contributed by atoms with Crippen molar-refractivity contribution in [1.29, 1.82) is 0 Å². The number of ether oxygens (including phenoxy) is 2. The molecule has 8 heteroatoms. The monoisotopic (exact) mass is 648 g/mol. The standard InChI is InChI=1S/C31H25IN2O4S/c1-3-19-9-12-24(13-10-19)34-30(36)25(29(35)33-31(34)39)15-21-16-26(32)28(27(17-21)37-2)38-18-20-8-11-22-6-4-5-7-23(22)14-20/h4-17H,3,18H2,1-2H3,(H,33,35,39)/b25-15+. The molecular formula is C31H25IN2O4S. The van der Waals surface area contributed by atoms with Gasteiger partial charge in [-0.05, 0) is 105 Å². The fourth-order valence-corrected chi connectivity index (χ4v) is 5.45. The van der Waals surface area contributed by atoms with Gasteiger partial charge in [0.1, 0.15) is 12.2 Å². The van der Waals surface area contributed by atoms with E-state index in [9.17, 15) is 9.59 Å². The van der Waals surface area contributed by atoms with E-state index in [2.05, 4.69) is 59.1 Å². The Kier molecular flexibility index (Phi) is 7.94. The molecule has 39 heavy (non-hydrogen) atoms. The van der Waals surface area contributed by atoms with E-state index >= 15 is 0 Å². The molecule has 0 unspecified atom stereocenters. The molecule has 2 amide bonds. The molecule has 0 aromatic heterocycles. The molecule has 0 bridgehead atoms. The van der Waals surface area contributed by atoms with E-state index in [0.717, 1.165) is 26.5 Å². The SMILES string of the molecule is CCc1ccc(N2C(=O)/C(=C/c3cc(I)c(OCc4ccc5ccccc5c4)c(OC)c3)C(=O)NC2=S)cc1. The van der Waals surface area contributed by atoms with Crippen LogP contribution in [0, 0.1) is 3.57 Å². The third-order valence-electron chi connectivity index (χ3n) is 6.46. The van der Waals surface area contributed by atoms with E-state index in [1.165, 1.54) is 10.3 Å². The van der Waals surface area contributed by atoms with E-state index in [-0.39, 0.29) is 10.7 Å². The first-order chi connectivity index (χ1) is 18.9. The minimum absolute atomic E-state index is 0.0224. The van der Waals surface area contributed by atoms with Gasteiger partial charge in [-0.2, -0.15) is 0 Å². The molecule has 0 atom stereocenters. The molecule has 6 nitrogen and oxygen atoms in total. The highest BCUT2D eigenvalue weighted by molar-refractivity contribution is 14.1. The molecule has 5 rings (SSSR count). The number of thiocarbonyl (C=S) groups is 1. The molecule has 4 aromatic carbocycles. The van der Waals surface area contributed by atoms with Gasteiger partial charge in [0, 0.05) is 0 Å². The smallest absolute Gasteiger partial charge is 0.270 e. The summed E-state index contributed by atoms with van der Waals surface area (Å²) in [5, 5.41) is 5.00. The van der Waals surface area contributed by atoms with Gasteiger partial charge in [0.25, 0.3) is 11.8 Å². The van der Waals surface area contributed by atoms with Crippen molar-refractivity contribution in [3.63, 3.8) is 0 Å². The highest BCUT2D eigenvalue weighted by atomic mass is 127. The number of aryl methyl sites for hydroxylation is 1. The summed E-state index contributed by atoms with van der Waals surface area (Å²) >= 11 is 7.49. The topological polar surface area (TPSA) is 67.9 Å². The Labute approximate surface area is 245 Å². The molecule has 0 aliphatic carbocycles. The van der Waals surface area contributed by atoms with Gasteiger partial charge in [-0.1, -0.05) is 55.5 Å². The molecule has 1 N–H and O–H groups in total. The third-order valence-corrected chi connectivity index (χ3v) is 7.55. The van der Waals surface area contributed by atoms with Gasteiger partial charge < -0.3 is 9.47 Å². The van der Waals surface area contributed by atoms with E-state index < -0.39 is 11.8 Å². The Morgan fingerprint density at radius 1 is 0.949 bits per heavy atom. The number of benzene rings is 4. The summed E-state index contributed by atoms with van der Waals surface area (Å²) < 4.78 is 12.6. The molecular weight excluding hydrogens is 623 g/mol. The second kappa shape index (κ2) is 11.5. The lowest BCUT2D eigenvalue weighted by Crippen LogP contribution is -2.54. The zero-order valence-electron chi connectivity index (χ0n) is 21.4. The first-order valence-corrected chi connectivity index (χ1v) is 13.8. The Balaban J connectivity index is 1.41. The van der Waals surface area contributed by atoms with Crippen molar-refractivity contribution in [2.45, 2.75) is 20.0 Å². The van der Waals surface area contributed by atoms with Crippen molar-refractivity contribution in [1.82, 2.24) is 5.32 Å². The third kappa shape index (κ3) is 5.67. The lowest BCUT2D eigenvalue weighted by Gasteiger charge is -2.29. The summed E-state index contributed by atoms with van der Waals surface area (Å²) in [6, 6.07) is 25.5. The van der Waals surface area contributed by atoms with E-state index in [1.54, 1.807) is 19.3 Å². The second-order valence-corrected chi connectivity index (χ2v) is 10.5. The molecule has 1 aliphatic rings. The van der Waals surface area contributed by atoms with Crippen molar-refractivity contribution in [3.05, 3.63) is 105 Å². The molecule has 0 spiro atoms. The van der Waals surface area contributed by atoms with Crippen LogP contribution in [0.1, 0.15) is 23.6 Å². The Bertz CT molecular complexity index is 1630. The first-order valence-electron chi connectivity index (χ1n) is 12.4. The van der Waals surface area contributed by atoms with Crippen LogP contribution in [0.15, 0.2) is 84.4 Å². The predicted octanol–water partition coefficient (Wildman–Crippen LogP) is 6.43. The van der Waals surface area contributed by atoms with Crippen LogP contribution in [0.3, 0.4) is 0 Å². The lowest BCUT2D eigenvalue weighted by molar-refractivity contribution is -0.122. The summed E-state index contributed by atoms with van der Waals surface area (Å²) in [5.74, 6) is 0.0584. The molecule has 0 saturated carbocycles. The number of halogens is 1. The number of amides is 2. The fourth-order valence-electron chi connectivity index (χ4n) is 4.39. The summed E-state index contributed by atoms with van der Waals surface area (Å²) in [4.78, 5) is 27.5. The number of anilines is 1. The van der Waals surface area contributed by atoms with Crippen molar-refractivity contribution >= 4 is 74.3 Å². The average Bonchev–Trinajstić information content (AvgIpc) is 2.94. The number of rotatable bonds is 7. The normalized spacial score (nSPS) is 14.6. The summed E-state index contributed by atoms with van der Waals surface area (Å²) in [7, 11) is 1.56. The van der Waals surface area contributed by atoms with E-state index in [1.807, 2.05) is 48.5 Å². The Morgan fingerprint density at radius 3 is 2.38 bits per heavy atom. The van der Waals surface area contributed by atoms with Crippen LogP contribution in [-0.2, 0) is 22.6 Å². The summed E-state index contributed by atoms with van der Waals surface area (Å²) in [5.41, 5.74) is 3.37. The number of fused-ring (bicyclic) bond motifs is 1. The van der Waals surface area contributed by atoms with Crippen molar-refractivity contribution in [2.24, 2.45) is 0 Å². The lowest BCUT2D eigenvalue weighted by atomic mass is 10.1. The van der Waals surface area contributed by atoms with Crippen molar-refractivity contribution in [3.8, 4) is 11.5 Å². The number of hydrogen-bond acceptors (Lipinski definition) is 5. The maximum atomic E-state index is 13.4. The van der Waals surface area contributed by atoms with Crippen LogP contribution >= 0.6 is 34.8 Å². The van der Waals surface area contributed by atoms with Crippen LogP contribution in [0.2, 0.25) is 0 Å². The Hall–Kier alpha value is -3.76. The number of carbonyl (C=O) groups excluding carboxylic acids is 2. The van der Waals surface area contributed by atoms with Crippen LogP contribution in [0.4, 0.5) is 5.69 Å². The van der Waals surface area contributed by atoms with Gasteiger partial charge in [0.2, 0.25) is 0 Å². The number of nitrogens with zero attached hydrogens (tertiary/aromatic N) is 1. The van der Waals surface area contributed by atoms with Gasteiger partial charge in [-0.15, -0.1) is 0 Å². The second-order valence-electron chi connectivity index (χ2n) is 8.98. The van der Waals surface area contributed by atoms with Crippen molar-refractivity contribution < 1.29 is 19.1 Å². The number of hydrogen-bond donors (Lipinski definition) is 1. The zero-order valence-corrected chi connectivity index (χ0v) is 24.3. The van der Waals surface area contributed by atoms with Gasteiger partial charge in [-0.3, -0.25) is 19.8 Å². The molecule has 1 saturated heterocycles. The number of methoxy groups -OCH3 is 1. The highest BCUT2D eigenvalue weighted by Gasteiger charge is 2.34. The van der Waals surface area contributed by atoms with Crippen LogP contribution in [0.25, 0.3) is 16.8 Å². The van der Waals surface area contributed by atoms with Crippen LogP contribution in [0.5, 0.6) is 11.5 Å². The zero-order chi connectivity index (χ0) is 27.5. The average molecular weight is 649 g/mol. The van der Waals surface area contributed by atoms with E-state index in [0.29, 0.717) is 29.4 Å². The Morgan fingerprint density at radius 2 is 1.67 bits per heavy atom. The number of nitrogens with one attached hydrogen (secondary N) is 1. The molecule has 0 radical (unpaired) electrons. The van der Waals surface area contributed by atoms with E-state index in [4.69, 9.17) is 21.7 Å².